The summed E-state index contributed by atoms with van der Waals surface area (Å²) in [6, 6.07) is 0.145. The Hall–Kier alpha value is -1.06. The molecule has 0 aromatic heterocycles. The molecule has 4 heteroatoms. The largest absolute Gasteiger partial charge is 0.481 e. The van der Waals surface area contributed by atoms with Crippen LogP contribution < -0.4 is 5.32 Å². The minimum Gasteiger partial charge on any atom is -0.481 e. The molecule has 0 aromatic carbocycles. The van der Waals surface area contributed by atoms with E-state index in [0.29, 0.717) is 18.8 Å². The molecule has 0 radical (unpaired) electrons. The molecule has 104 valence electrons. The molecule has 1 saturated carbocycles. The number of carboxylic acid groups (broad SMARTS) is 1. The van der Waals surface area contributed by atoms with E-state index in [-0.39, 0.29) is 17.9 Å². The molecule has 0 heterocycles. The third-order valence-electron chi connectivity index (χ3n) is 3.74. The number of carbonyl (C=O) groups excluding carboxylic acids is 1. The Bertz CT molecular complexity index is 301. The second kappa shape index (κ2) is 6.76. The van der Waals surface area contributed by atoms with Gasteiger partial charge in [-0.25, -0.2) is 0 Å². The van der Waals surface area contributed by atoms with Gasteiger partial charge in [-0.2, -0.15) is 0 Å². The van der Waals surface area contributed by atoms with Crippen molar-refractivity contribution in [1.29, 1.82) is 0 Å². The highest BCUT2D eigenvalue weighted by Gasteiger charge is 2.41. The van der Waals surface area contributed by atoms with Crippen molar-refractivity contribution < 1.29 is 14.7 Å². The summed E-state index contributed by atoms with van der Waals surface area (Å²) in [6.45, 7) is 6.37. The van der Waals surface area contributed by atoms with E-state index in [9.17, 15) is 9.59 Å². The lowest BCUT2D eigenvalue weighted by atomic mass is 9.73. The monoisotopic (exact) mass is 255 g/mol. The Morgan fingerprint density at radius 2 is 1.78 bits per heavy atom. The molecular formula is C14H25NO3. The molecule has 0 aromatic rings. The number of rotatable bonds is 7. The van der Waals surface area contributed by atoms with Crippen molar-refractivity contribution in [2.45, 2.75) is 58.9 Å². The molecule has 2 N–H and O–H groups in total. The van der Waals surface area contributed by atoms with Gasteiger partial charge in [0.15, 0.2) is 0 Å². The summed E-state index contributed by atoms with van der Waals surface area (Å²) in [5.74, 6) is -1.00. The van der Waals surface area contributed by atoms with Crippen molar-refractivity contribution in [3.8, 4) is 0 Å². The fourth-order valence-electron chi connectivity index (χ4n) is 2.36. The van der Waals surface area contributed by atoms with Gasteiger partial charge in [-0.3, -0.25) is 9.59 Å². The van der Waals surface area contributed by atoms with Gasteiger partial charge in [0.1, 0.15) is 0 Å². The number of aliphatic carboxylic acids is 1. The summed E-state index contributed by atoms with van der Waals surface area (Å²) in [5.41, 5.74) is 0. The van der Waals surface area contributed by atoms with Crippen molar-refractivity contribution in [2.24, 2.45) is 17.8 Å². The molecule has 1 fully saturated rings. The van der Waals surface area contributed by atoms with E-state index in [0.717, 1.165) is 12.8 Å². The Kier molecular flexibility index (Phi) is 5.63. The standard InChI is InChI=1S/C14H25NO3/c1-9(2)5-4-6-10(3)15-13(16)11-7-8-12(11)14(17)18/h9-12H,4-8H2,1-3H3,(H,15,16)(H,17,18). The third kappa shape index (κ3) is 4.31. The Morgan fingerprint density at radius 1 is 1.17 bits per heavy atom. The van der Waals surface area contributed by atoms with Gasteiger partial charge >= 0.3 is 5.97 Å². The summed E-state index contributed by atoms with van der Waals surface area (Å²) < 4.78 is 0. The fraction of sp³-hybridized carbons (Fsp3) is 0.857. The normalized spacial score (nSPS) is 24.4. The molecule has 1 aliphatic rings. The molecule has 18 heavy (non-hydrogen) atoms. The summed E-state index contributed by atoms with van der Waals surface area (Å²) in [6.07, 6.45) is 4.58. The topological polar surface area (TPSA) is 66.4 Å². The van der Waals surface area contributed by atoms with Crippen LogP contribution in [0.4, 0.5) is 0 Å². The van der Waals surface area contributed by atoms with Crippen LogP contribution in [0, 0.1) is 17.8 Å². The number of hydrogen-bond donors (Lipinski definition) is 2. The Morgan fingerprint density at radius 3 is 2.22 bits per heavy atom. The summed E-state index contributed by atoms with van der Waals surface area (Å²) in [7, 11) is 0. The maximum Gasteiger partial charge on any atom is 0.307 e. The molecular weight excluding hydrogens is 230 g/mol. The predicted octanol–water partition coefficient (Wildman–Crippen LogP) is 2.43. The van der Waals surface area contributed by atoms with Crippen LogP contribution >= 0.6 is 0 Å². The molecule has 1 aliphatic carbocycles. The van der Waals surface area contributed by atoms with E-state index in [1.807, 2.05) is 6.92 Å². The second-order valence-corrected chi connectivity index (χ2v) is 5.86. The SMILES string of the molecule is CC(C)CCCC(C)NC(=O)C1CCC1C(=O)O. The highest BCUT2D eigenvalue weighted by atomic mass is 16.4. The Balaban J connectivity index is 2.25. The molecule has 0 saturated heterocycles. The van der Waals surface area contributed by atoms with Crippen molar-refractivity contribution in [2.75, 3.05) is 0 Å². The zero-order valence-electron chi connectivity index (χ0n) is 11.6. The van der Waals surface area contributed by atoms with E-state index in [4.69, 9.17) is 5.11 Å². The van der Waals surface area contributed by atoms with Crippen LogP contribution in [0.1, 0.15) is 52.9 Å². The third-order valence-corrected chi connectivity index (χ3v) is 3.74. The number of hydrogen-bond acceptors (Lipinski definition) is 2. The highest BCUT2D eigenvalue weighted by molar-refractivity contribution is 5.86. The number of carboxylic acids is 1. The average Bonchev–Trinajstić information content (AvgIpc) is 2.13. The number of amides is 1. The highest BCUT2D eigenvalue weighted by Crippen LogP contribution is 2.34. The van der Waals surface area contributed by atoms with Gasteiger partial charge < -0.3 is 10.4 Å². The first-order chi connectivity index (χ1) is 8.41. The van der Waals surface area contributed by atoms with Crippen molar-refractivity contribution in [1.82, 2.24) is 5.32 Å². The van der Waals surface area contributed by atoms with Gasteiger partial charge in [0.25, 0.3) is 0 Å². The second-order valence-electron chi connectivity index (χ2n) is 5.86. The van der Waals surface area contributed by atoms with E-state index >= 15 is 0 Å². The van der Waals surface area contributed by atoms with Gasteiger partial charge in [-0.15, -0.1) is 0 Å². The van der Waals surface area contributed by atoms with E-state index in [2.05, 4.69) is 19.2 Å². The lowest BCUT2D eigenvalue weighted by molar-refractivity contribution is -0.152. The van der Waals surface area contributed by atoms with Crippen LogP contribution in [-0.4, -0.2) is 23.0 Å². The van der Waals surface area contributed by atoms with Crippen LogP contribution in [0.2, 0.25) is 0 Å². The van der Waals surface area contributed by atoms with E-state index in [1.165, 1.54) is 6.42 Å². The lowest BCUT2D eigenvalue weighted by Gasteiger charge is -2.33. The van der Waals surface area contributed by atoms with Gasteiger partial charge in [0.2, 0.25) is 5.91 Å². The smallest absolute Gasteiger partial charge is 0.307 e. The molecule has 4 nitrogen and oxygen atoms in total. The van der Waals surface area contributed by atoms with Gasteiger partial charge in [-0.05, 0) is 32.1 Å². The Labute approximate surface area is 109 Å². The lowest BCUT2D eigenvalue weighted by Crippen LogP contribution is -2.46. The summed E-state index contributed by atoms with van der Waals surface area (Å²) in [5, 5.41) is 11.8. The fourth-order valence-corrected chi connectivity index (χ4v) is 2.36. The zero-order valence-corrected chi connectivity index (χ0v) is 11.6. The van der Waals surface area contributed by atoms with Gasteiger partial charge in [0.05, 0.1) is 11.8 Å². The molecule has 3 atom stereocenters. The first kappa shape index (κ1) is 15.0. The minimum atomic E-state index is -0.839. The van der Waals surface area contributed by atoms with Crippen LogP contribution in [0.3, 0.4) is 0 Å². The van der Waals surface area contributed by atoms with Crippen LogP contribution in [0.25, 0.3) is 0 Å². The first-order valence-corrected chi connectivity index (χ1v) is 6.95. The van der Waals surface area contributed by atoms with E-state index < -0.39 is 11.9 Å². The molecule has 0 spiro atoms. The molecule has 1 amide bonds. The molecule has 0 bridgehead atoms. The zero-order chi connectivity index (χ0) is 13.7. The average molecular weight is 255 g/mol. The van der Waals surface area contributed by atoms with Crippen molar-refractivity contribution in [3.05, 3.63) is 0 Å². The minimum absolute atomic E-state index is 0.0781. The predicted molar refractivity (Wildman–Crippen MR) is 70.1 cm³/mol. The van der Waals surface area contributed by atoms with Gasteiger partial charge in [0, 0.05) is 6.04 Å². The van der Waals surface area contributed by atoms with Gasteiger partial charge in [-0.1, -0.05) is 26.7 Å². The quantitative estimate of drug-likeness (QED) is 0.734. The van der Waals surface area contributed by atoms with Crippen LogP contribution in [0.15, 0.2) is 0 Å². The maximum atomic E-state index is 11.9. The van der Waals surface area contributed by atoms with Crippen molar-refractivity contribution >= 4 is 11.9 Å². The van der Waals surface area contributed by atoms with E-state index in [1.54, 1.807) is 0 Å². The first-order valence-electron chi connectivity index (χ1n) is 6.95. The maximum absolute atomic E-state index is 11.9. The van der Waals surface area contributed by atoms with Crippen LogP contribution in [0.5, 0.6) is 0 Å². The number of nitrogens with one attached hydrogen (secondary N) is 1. The van der Waals surface area contributed by atoms with Crippen LogP contribution in [-0.2, 0) is 9.59 Å². The summed E-state index contributed by atoms with van der Waals surface area (Å²) >= 11 is 0. The van der Waals surface area contributed by atoms with Crippen molar-refractivity contribution in [3.63, 3.8) is 0 Å². The molecule has 3 unspecified atom stereocenters. The summed E-state index contributed by atoms with van der Waals surface area (Å²) in [4.78, 5) is 22.7. The number of carbonyl (C=O) groups is 2. The molecule has 1 rings (SSSR count). The molecule has 0 aliphatic heterocycles.